The molecule has 2 rings (SSSR count). The molecule has 0 aliphatic rings. The van der Waals surface area contributed by atoms with E-state index in [4.69, 9.17) is 11.1 Å². The van der Waals surface area contributed by atoms with Gasteiger partial charge in [0.1, 0.15) is 11.5 Å². The molecule has 0 bridgehead atoms. The van der Waals surface area contributed by atoms with Crippen LogP contribution in [-0.4, -0.2) is 20.0 Å². The molecule has 2 aromatic rings. The lowest BCUT2D eigenvalue weighted by Gasteiger charge is -1.99. The normalized spacial score (nSPS) is 10.8. The summed E-state index contributed by atoms with van der Waals surface area (Å²) < 4.78 is 3.73. The maximum Gasteiger partial charge on any atom is 0.146 e. The van der Waals surface area contributed by atoms with Crippen LogP contribution >= 0.6 is 0 Å². The van der Waals surface area contributed by atoms with Crippen molar-refractivity contribution in [1.29, 1.82) is 5.41 Å². The van der Waals surface area contributed by atoms with Crippen LogP contribution in [0, 0.1) is 5.41 Å². The first-order valence-electron chi connectivity index (χ1n) is 4.11. The summed E-state index contributed by atoms with van der Waals surface area (Å²) in [5.74, 6) is 0.0587. The van der Waals surface area contributed by atoms with E-state index in [1.165, 1.54) is 0 Å². The Morgan fingerprint density at radius 2 is 2.38 bits per heavy atom. The minimum atomic E-state index is 0.0587. The van der Waals surface area contributed by atoms with E-state index < -0.39 is 0 Å². The molecule has 3 N–H and O–H groups in total. The lowest BCUT2D eigenvalue weighted by atomic mass is 10.3. The van der Waals surface area contributed by atoms with Crippen LogP contribution in [-0.2, 0) is 6.54 Å². The van der Waals surface area contributed by atoms with Gasteiger partial charge in [-0.25, -0.2) is 4.52 Å². The first kappa shape index (κ1) is 7.85. The van der Waals surface area contributed by atoms with Crippen molar-refractivity contribution in [2.45, 2.75) is 13.5 Å². The maximum absolute atomic E-state index is 7.36. The lowest BCUT2D eigenvalue weighted by Crippen LogP contribution is -2.11. The second-order valence-corrected chi connectivity index (χ2v) is 2.82. The number of nitrogens with one attached hydrogen (secondary N) is 1. The predicted octanol–water partition coefficient (Wildman–Crippen LogP) is 0.440. The number of hydrogen-bond donors (Lipinski definition) is 2. The van der Waals surface area contributed by atoms with Crippen molar-refractivity contribution in [2.24, 2.45) is 5.73 Å². The van der Waals surface area contributed by atoms with Crippen LogP contribution in [0.2, 0.25) is 0 Å². The van der Waals surface area contributed by atoms with Crippen LogP contribution in [0.1, 0.15) is 12.5 Å². The highest BCUT2D eigenvalue weighted by Gasteiger charge is 2.09. The summed E-state index contributed by atoms with van der Waals surface area (Å²) in [6.45, 7) is 2.89. The summed E-state index contributed by atoms with van der Waals surface area (Å²) in [6.07, 6.45) is 5.39. The van der Waals surface area contributed by atoms with Crippen molar-refractivity contribution in [3.8, 4) is 0 Å². The van der Waals surface area contributed by atoms with Gasteiger partial charge < -0.3 is 10.3 Å². The monoisotopic (exact) mass is 177 g/mol. The molecule has 5 heteroatoms. The molecule has 0 saturated carbocycles. The van der Waals surface area contributed by atoms with Gasteiger partial charge in [0.2, 0.25) is 0 Å². The summed E-state index contributed by atoms with van der Waals surface area (Å²) in [4.78, 5) is 0. The zero-order chi connectivity index (χ0) is 9.42. The number of nitrogens with two attached hydrogens (primary N) is 1. The van der Waals surface area contributed by atoms with Gasteiger partial charge in [0.25, 0.3) is 0 Å². The Balaban J connectivity index is 2.75. The molecule has 0 atom stereocenters. The Bertz CT molecular complexity index is 450. The minimum Gasteiger partial charge on any atom is -0.384 e. The fourth-order valence-corrected chi connectivity index (χ4v) is 1.41. The number of rotatable bonds is 2. The van der Waals surface area contributed by atoms with E-state index in [1.54, 1.807) is 10.7 Å². The molecule has 13 heavy (non-hydrogen) atoms. The van der Waals surface area contributed by atoms with E-state index in [2.05, 4.69) is 5.10 Å². The van der Waals surface area contributed by atoms with Gasteiger partial charge in [0.15, 0.2) is 0 Å². The molecule has 2 aromatic heterocycles. The third-order valence-corrected chi connectivity index (χ3v) is 2.06. The van der Waals surface area contributed by atoms with Gasteiger partial charge >= 0.3 is 0 Å². The van der Waals surface area contributed by atoms with Gasteiger partial charge in [-0.15, -0.1) is 0 Å². The Kier molecular flexibility index (Phi) is 1.58. The molecule has 0 radical (unpaired) electrons. The summed E-state index contributed by atoms with van der Waals surface area (Å²) in [6, 6.07) is 0. The predicted molar refractivity (Wildman–Crippen MR) is 49.9 cm³/mol. The average Bonchev–Trinajstić information content (AvgIpc) is 2.61. The highest BCUT2D eigenvalue weighted by molar-refractivity contribution is 6.00. The second kappa shape index (κ2) is 2.62. The molecule has 0 amide bonds. The molecule has 0 fully saturated rings. The number of nitrogens with zero attached hydrogens (tertiary/aromatic N) is 3. The molecule has 0 aliphatic carbocycles. The molecule has 0 saturated heterocycles. The molecule has 0 spiro atoms. The van der Waals surface area contributed by atoms with Crippen molar-refractivity contribution in [3.63, 3.8) is 0 Å². The molecular weight excluding hydrogens is 166 g/mol. The van der Waals surface area contributed by atoms with E-state index in [0.29, 0.717) is 5.56 Å². The third kappa shape index (κ3) is 1.00. The van der Waals surface area contributed by atoms with Crippen LogP contribution in [0.5, 0.6) is 0 Å². The molecule has 5 nitrogen and oxygen atoms in total. The lowest BCUT2D eigenvalue weighted by molar-refractivity contribution is 0.788. The van der Waals surface area contributed by atoms with Gasteiger partial charge in [-0.3, -0.25) is 5.41 Å². The quantitative estimate of drug-likeness (QED) is 0.516. The van der Waals surface area contributed by atoms with E-state index in [0.717, 1.165) is 12.2 Å². The molecule has 2 heterocycles. The summed E-state index contributed by atoms with van der Waals surface area (Å²) in [5, 5.41) is 11.4. The van der Waals surface area contributed by atoms with Crippen molar-refractivity contribution in [3.05, 3.63) is 24.2 Å². The van der Waals surface area contributed by atoms with Crippen molar-refractivity contribution in [2.75, 3.05) is 0 Å². The molecule has 0 aromatic carbocycles. The average molecular weight is 177 g/mol. The second-order valence-electron chi connectivity index (χ2n) is 2.82. The van der Waals surface area contributed by atoms with Crippen molar-refractivity contribution < 1.29 is 0 Å². The zero-order valence-corrected chi connectivity index (χ0v) is 7.36. The molecular formula is C8H11N5. The van der Waals surface area contributed by atoms with Crippen LogP contribution in [0.15, 0.2) is 18.6 Å². The third-order valence-electron chi connectivity index (χ3n) is 2.06. The number of amidine groups is 1. The van der Waals surface area contributed by atoms with Crippen molar-refractivity contribution >= 4 is 11.5 Å². The zero-order valence-electron chi connectivity index (χ0n) is 7.36. The van der Waals surface area contributed by atoms with Gasteiger partial charge in [0, 0.05) is 18.9 Å². The number of nitrogen functional groups attached to an aromatic ring is 1. The summed E-state index contributed by atoms with van der Waals surface area (Å²) in [7, 11) is 0. The summed E-state index contributed by atoms with van der Waals surface area (Å²) >= 11 is 0. The highest BCUT2D eigenvalue weighted by atomic mass is 15.3. The number of fused-ring (bicyclic) bond motifs is 1. The van der Waals surface area contributed by atoms with Crippen molar-refractivity contribution in [1.82, 2.24) is 14.2 Å². The number of hydrogen-bond acceptors (Lipinski definition) is 2. The van der Waals surface area contributed by atoms with Crippen LogP contribution < -0.4 is 5.73 Å². The first-order valence-corrected chi connectivity index (χ1v) is 4.11. The fourth-order valence-electron chi connectivity index (χ4n) is 1.41. The molecule has 0 unspecified atom stereocenters. The van der Waals surface area contributed by atoms with Gasteiger partial charge in [-0.1, -0.05) is 0 Å². The first-order chi connectivity index (χ1) is 6.24. The minimum absolute atomic E-state index is 0.0587. The van der Waals surface area contributed by atoms with Gasteiger partial charge in [-0.05, 0) is 6.92 Å². The number of imidazole rings is 1. The standard InChI is InChI=1S/C8H11N5/c1-2-12-3-4-13-8(12)6(5-11-13)7(9)10/h3-5H,2H2,1H3,(H3,9,10). The topological polar surface area (TPSA) is 72.1 Å². The SMILES string of the molecule is CCn1ccn2ncc(C(=N)N)c12. The van der Waals surface area contributed by atoms with E-state index in [-0.39, 0.29) is 5.84 Å². The molecule has 0 aliphatic heterocycles. The maximum atomic E-state index is 7.36. The number of aromatic nitrogens is 3. The van der Waals surface area contributed by atoms with Gasteiger partial charge in [-0.2, -0.15) is 5.10 Å². The Hall–Kier alpha value is -1.78. The Morgan fingerprint density at radius 3 is 3.00 bits per heavy atom. The smallest absolute Gasteiger partial charge is 0.146 e. The Morgan fingerprint density at radius 1 is 1.62 bits per heavy atom. The van der Waals surface area contributed by atoms with Crippen LogP contribution in [0.3, 0.4) is 0 Å². The van der Waals surface area contributed by atoms with Crippen LogP contribution in [0.25, 0.3) is 5.65 Å². The van der Waals surface area contributed by atoms with E-state index in [1.807, 2.05) is 23.9 Å². The Labute approximate surface area is 75.3 Å². The largest absolute Gasteiger partial charge is 0.384 e. The molecule has 68 valence electrons. The van der Waals surface area contributed by atoms with E-state index in [9.17, 15) is 0 Å². The van der Waals surface area contributed by atoms with E-state index >= 15 is 0 Å². The highest BCUT2D eigenvalue weighted by Crippen LogP contribution is 2.10. The summed E-state index contributed by atoms with van der Waals surface area (Å²) in [5.41, 5.74) is 6.99. The van der Waals surface area contributed by atoms with Crippen LogP contribution in [0.4, 0.5) is 0 Å². The fraction of sp³-hybridized carbons (Fsp3) is 0.250. The number of aryl methyl sites for hydroxylation is 1. The van der Waals surface area contributed by atoms with Gasteiger partial charge in [0.05, 0.1) is 11.8 Å².